The number of hydrogen-bond acceptors (Lipinski definition) is 3. The lowest BCUT2D eigenvalue weighted by Crippen LogP contribution is -2.27. The zero-order chi connectivity index (χ0) is 23.2. The molecular weight excluding hydrogens is 487 g/mol. The minimum atomic E-state index is -0.339. The molecule has 1 aliphatic rings. The molecule has 0 saturated carbocycles. The van der Waals surface area contributed by atoms with Gasteiger partial charge in [-0.2, -0.15) is 0 Å². The highest BCUT2D eigenvalue weighted by molar-refractivity contribution is 8.18. The van der Waals surface area contributed by atoms with E-state index < -0.39 is 0 Å². The van der Waals surface area contributed by atoms with Crippen LogP contribution in [0, 0.1) is 20.8 Å². The summed E-state index contributed by atoms with van der Waals surface area (Å²) in [5.74, 6) is -0.339. The maximum atomic E-state index is 13.0. The molecule has 8 heteroatoms. The van der Waals surface area contributed by atoms with Crippen molar-refractivity contribution in [2.45, 2.75) is 27.3 Å². The van der Waals surface area contributed by atoms with E-state index in [-0.39, 0.29) is 17.7 Å². The zero-order valence-corrected chi connectivity index (χ0v) is 20.7. The van der Waals surface area contributed by atoms with Gasteiger partial charge in [0.2, 0.25) is 0 Å². The summed E-state index contributed by atoms with van der Waals surface area (Å²) in [5, 5.41) is 1.28. The maximum absolute atomic E-state index is 13.0. The van der Waals surface area contributed by atoms with Gasteiger partial charge in [0.15, 0.2) is 0 Å². The molecule has 4 nitrogen and oxygen atoms in total. The lowest BCUT2D eigenvalue weighted by Gasteiger charge is -2.13. The SMILES string of the molecule is Cc1ccc(-n2c(C)cc(/C=C3\SC(=O)N(Cc4ccc(Cl)cc4Cl)C3=O)c2C)cc1Cl. The lowest BCUT2D eigenvalue weighted by molar-refractivity contribution is -0.123. The summed E-state index contributed by atoms with van der Waals surface area (Å²) in [4.78, 5) is 27.1. The van der Waals surface area contributed by atoms with Gasteiger partial charge in [0, 0.05) is 32.1 Å². The highest BCUT2D eigenvalue weighted by atomic mass is 35.5. The molecule has 1 aromatic heterocycles. The van der Waals surface area contributed by atoms with E-state index in [9.17, 15) is 9.59 Å². The summed E-state index contributed by atoms with van der Waals surface area (Å²) in [6.07, 6.45) is 1.77. The number of amides is 2. The van der Waals surface area contributed by atoms with Crippen LogP contribution in [-0.4, -0.2) is 20.6 Å². The van der Waals surface area contributed by atoms with Crippen LogP contribution in [0.1, 0.15) is 28.1 Å². The molecule has 4 rings (SSSR count). The van der Waals surface area contributed by atoms with Crippen LogP contribution < -0.4 is 0 Å². The zero-order valence-electron chi connectivity index (χ0n) is 17.6. The average Bonchev–Trinajstić information content (AvgIpc) is 3.15. The summed E-state index contributed by atoms with van der Waals surface area (Å²) in [6, 6.07) is 12.9. The van der Waals surface area contributed by atoms with Crippen LogP contribution in [0.15, 0.2) is 47.4 Å². The number of halogens is 3. The molecule has 1 fully saturated rings. The molecule has 32 heavy (non-hydrogen) atoms. The molecule has 2 heterocycles. The Kier molecular flexibility index (Phi) is 6.46. The molecule has 0 spiro atoms. The Hall–Kier alpha value is -2.18. The van der Waals surface area contributed by atoms with Gasteiger partial charge in [-0.15, -0.1) is 0 Å². The van der Waals surface area contributed by atoms with Gasteiger partial charge in [0.1, 0.15) is 0 Å². The summed E-state index contributed by atoms with van der Waals surface area (Å²) < 4.78 is 2.08. The van der Waals surface area contributed by atoms with Crippen molar-refractivity contribution in [2.24, 2.45) is 0 Å². The molecule has 1 aliphatic heterocycles. The van der Waals surface area contributed by atoms with E-state index in [4.69, 9.17) is 34.8 Å². The van der Waals surface area contributed by atoms with Crippen LogP contribution in [0.5, 0.6) is 0 Å². The lowest BCUT2D eigenvalue weighted by atomic mass is 10.2. The van der Waals surface area contributed by atoms with E-state index in [1.165, 1.54) is 4.90 Å². The predicted octanol–water partition coefficient (Wildman–Crippen LogP) is 7.60. The molecule has 0 N–H and O–H groups in total. The third-order valence-corrected chi connectivity index (χ3v) is 7.29. The van der Waals surface area contributed by atoms with Crippen LogP contribution in [0.3, 0.4) is 0 Å². The van der Waals surface area contributed by atoms with Crippen LogP contribution in [0.2, 0.25) is 15.1 Å². The maximum Gasteiger partial charge on any atom is 0.293 e. The minimum absolute atomic E-state index is 0.0961. The van der Waals surface area contributed by atoms with Gasteiger partial charge in [0.25, 0.3) is 11.1 Å². The second-order valence-corrected chi connectivity index (χ2v) is 9.84. The average molecular weight is 506 g/mol. The fraction of sp³-hybridized carbons (Fsp3) is 0.167. The predicted molar refractivity (Wildman–Crippen MR) is 133 cm³/mol. The fourth-order valence-corrected chi connectivity index (χ4v) is 5.12. The molecule has 164 valence electrons. The quantitative estimate of drug-likeness (QED) is 0.343. The Morgan fingerprint density at radius 2 is 1.69 bits per heavy atom. The fourth-order valence-electron chi connectivity index (χ4n) is 3.65. The number of benzene rings is 2. The van der Waals surface area contributed by atoms with Crippen molar-refractivity contribution in [1.82, 2.24) is 9.47 Å². The highest BCUT2D eigenvalue weighted by Gasteiger charge is 2.35. The molecular formula is C24H19Cl3N2O2S. The van der Waals surface area contributed by atoms with Crippen molar-refractivity contribution >= 4 is 63.8 Å². The third kappa shape index (κ3) is 4.35. The Labute approximate surface area is 205 Å². The van der Waals surface area contributed by atoms with Crippen molar-refractivity contribution in [2.75, 3.05) is 0 Å². The molecule has 0 radical (unpaired) electrons. The van der Waals surface area contributed by atoms with Crippen molar-refractivity contribution < 1.29 is 9.59 Å². The number of rotatable bonds is 4. The van der Waals surface area contributed by atoms with Gasteiger partial charge in [0.05, 0.1) is 11.4 Å². The Morgan fingerprint density at radius 1 is 0.938 bits per heavy atom. The van der Waals surface area contributed by atoms with Crippen LogP contribution in [-0.2, 0) is 11.3 Å². The largest absolute Gasteiger partial charge is 0.318 e. The Bertz CT molecular complexity index is 1300. The van der Waals surface area contributed by atoms with Gasteiger partial charge in [-0.25, -0.2) is 0 Å². The molecule has 0 atom stereocenters. The summed E-state index contributed by atoms with van der Waals surface area (Å²) in [7, 11) is 0. The van der Waals surface area contributed by atoms with Gasteiger partial charge in [-0.05, 0) is 85.6 Å². The van der Waals surface area contributed by atoms with Crippen molar-refractivity contribution in [3.8, 4) is 5.69 Å². The summed E-state index contributed by atoms with van der Waals surface area (Å²) in [6.45, 7) is 6.02. The van der Waals surface area contributed by atoms with Gasteiger partial charge >= 0.3 is 0 Å². The van der Waals surface area contributed by atoms with E-state index in [0.717, 1.165) is 40.0 Å². The molecule has 2 aromatic carbocycles. The molecule has 1 saturated heterocycles. The first-order valence-corrected chi connectivity index (χ1v) is 11.8. The molecule has 2 amide bonds. The number of thioether (sulfide) groups is 1. The second-order valence-electron chi connectivity index (χ2n) is 7.60. The monoisotopic (exact) mass is 504 g/mol. The van der Waals surface area contributed by atoms with Gasteiger partial charge in [-0.3, -0.25) is 14.5 Å². The second kappa shape index (κ2) is 8.99. The summed E-state index contributed by atoms with van der Waals surface area (Å²) in [5.41, 5.74) is 5.44. The van der Waals surface area contributed by atoms with Crippen LogP contribution in [0.4, 0.5) is 4.79 Å². The smallest absolute Gasteiger partial charge is 0.293 e. The highest BCUT2D eigenvalue weighted by Crippen LogP contribution is 2.36. The number of aryl methyl sites for hydroxylation is 2. The standard InChI is InChI=1S/C24H19Cl3N2O2S/c1-13-4-7-19(11-20(13)26)29-14(2)8-17(15(29)3)9-22-23(30)28(24(31)32-22)12-16-5-6-18(25)10-21(16)27/h4-11H,12H2,1-3H3/b22-9-. The van der Waals surface area contributed by atoms with Gasteiger partial charge in [-0.1, -0.05) is 46.9 Å². The summed E-state index contributed by atoms with van der Waals surface area (Å²) >= 11 is 19.4. The van der Waals surface area contributed by atoms with Crippen LogP contribution >= 0.6 is 46.6 Å². The van der Waals surface area contributed by atoms with E-state index >= 15 is 0 Å². The normalized spacial score (nSPS) is 15.3. The third-order valence-electron chi connectivity index (χ3n) is 5.39. The van der Waals surface area contributed by atoms with E-state index in [0.29, 0.717) is 25.5 Å². The molecule has 3 aromatic rings. The number of carbonyl (C=O) groups is 2. The molecule has 0 bridgehead atoms. The topological polar surface area (TPSA) is 42.3 Å². The van der Waals surface area contributed by atoms with Gasteiger partial charge < -0.3 is 4.57 Å². The Morgan fingerprint density at radius 3 is 2.38 bits per heavy atom. The number of aromatic nitrogens is 1. The first-order valence-electron chi connectivity index (χ1n) is 9.80. The molecule has 0 unspecified atom stereocenters. The number of imide groups is 1. The van der Waals surface area contributed by atoms with E-state index in [1.807, 2.05) is 45.0 Å². The van der Waals surface area contributed by atoms with E-state index in [2.05, 4.69) is 4.57 Å². The van der Waals surface area contributed by atoms with E-state index in [1.54, 1.807) is 24.3 Å². The van der Waals surface area contributed by atoms with Crippen molar-refractivity contribution in [1.29, 1.82) is 0 Å². The first kappa shape index (κ1) is 23.0. The van der Waals surface area contributed by atoms with Crippen molar-refractivity contribution in [3.05, 3.63) is 90.5 Å². The number of nitrogens with zero attached hydrogens (tertiary/aromatic N) is 2. The minimum Gasteiger partial charge on any atom is -0.318 e. The molecule has 0 aliphatic carbocycles. The first-order chi connectivity index (χ1) is 15.2. The number of carbonyl (C=O) groups excluding carboxylic acids is 2. The number of hydrogen-bond donors (Lipinski definition) is 0. The van der Waals surface area contributed by atoms with Crippen molar-refractivity contribution in [3.63, 3.8) is 0 Å². The van der Waals surface area contributed by atoms with Crippen LogP contribution in [0.25, 0.3) is 11.8 Å². The Balaban J connectivity index is 1.64.